The summed E-state index contributed by atoms with van der Waals surface area (Å²) in [5.74, 6) is 1.38. The summed E-state index contributed by atoms with van der Waals surface area (Å²) in [4.78, 5) is 29.2. The highest BCUT2D eigenvalue weighted by Crippen LogP contribution is 2.40. The third-order valence-electron chi connectivity index (χ3n) is 5.22. The third kappa shape index (κ3) is 4.28. The predicted octanol–water partition coefficient (Wildman–Crippen LogP) is 1.03. The maximum atomic E-state index is 13.0. The molecule has 1 aromatic carbocycles. The summed E-state index contributed by atoms with van der Waals surface area (Å²) in [6.45, 7) is 3.76. The second-order valence-corrected chi connectivity index (χ2v) is 6.69. The van der Waals surface area contributed by atoms with Gasteiger partial charge in [-0.25, -0.2) is 0 Å². The fraction of sp³-hybridized carbons (Fsp3) is 0.579. The number of hydrogen-bond acceptors (Lipinski definition) is 6. The Balaban J connectivity index is 0.00000280. The van der Waals surface area contributed by atoms with Crippen molar-refractivity contribution in [3.05, 3.63) is 17.7 Å². The first-order chi connectivity index (χ1) is 13.1. The number of ether oxygens (including phenoxy) is 3. The first-order valence-corrected chi connectivity index (χ1v) is 9.18. The van der Waals surface area contributed by atoms with Crippen LogP contribution in [0.1, 0.15) is 16.8 Å². The van der Waals surface area contributed by atoms with Crippen molar-refractivity contribution in [2.45, 2.75) is 6.42 Å². The van der Waals surface area contributed by atoms with E-state index in [1.165, 1.54) is 21.3 Å². The normalized spacial score (nSPS) is 19.0. The molecule has 2 heterocycles. The molecule has 28 heavy (non-hydrogen) atoms. The molecule has 8 nitrogen and oxygen atoms in total. The van der Waals surface area contributed by atoms with Crippen LogP contribution in [0, 0.1) is 5.92 Å². The zero-order valence-corrected chi connectivity index (χ0v) is 17.3. The van der Waals surface area contributed by atoms with Crippen molar-refractivity contribution in [1.82, 2.24) is 15.1 Å². The van der Waals surface area contributed by atoms with E-state index in [-0.39, 0.29) is 30.1 Å². The zero-order chi connectivity index (χ0) is 19.4. The van der Waals surface area contributed by atoms with Crippen molar-refractivity contribution in [3.8, 4) is 17.2 Å². The lowest BCUT2D eigenvalue weighted by Gasteiger charge is -2.36. The van der Waals surface area contributed by atoms with Gasteiger partial charge in [0.15, 0.2) is 11.5 Å². The van der Waals surface area contributed by atoms with Crippen LogP contribution in [0.15, 0.2) is 12.1 Å². The first-order valence-electron chi connectivity index (χ1n) is 9.18. The summed E-state index contributed by atoms with van der Waals surface area (Å²) in [5.41, 5.74) is 0.426. The maximum Gasteiger partial charge on any atom is 0.257 e. The van der Waals surface area contributed by atoms with E-state index < -0.39 is 0 Å². The van der Waals surface area contributed by atoms with Crippen molar-refractivity contribution in [2.75, 3.05) is 60.6 Å². The van der Waals surface area contributed by atoms with Gasteiger partial charge in [0, 0.05) is 32.7 Å². The molecule has 156 valence electrons. The highest BCUT2D eigenvalue weighted by Gasteiger charge is 2.32. The molecule has 2 aliphatic heterocycles. The number of nitrogens with zero attached hydrogens (tertiary/aromatic N) is 2. The largest absolute Gasteiger partial charge is 0.493 e. The van der Waals surface area contributed by atoms with Crippen LogP contribution in [0.3, 0.4) is 0 Å². The van der Waals surface area contributed by atoms with Gasteiger partial charge in [0.2, 0.25) is 11.7 Å². The first kappa shape index (κ1) is 22.1. The SMILES string of the molecule is COc1ccc(C(=O)N2CCN(C(=O)C3CCNC3)CC2)c(OC)c1OC.Cl. The van der Waals surface area contributed by atoms with E-state index in [2.05, 4.69) is 5.32 Å². The Kier molecular flexibility index (Phi) is 7.77. The predicted molar refractivity (Wildman–Crippen MR) is 107 cm³/mol. The number of benzene rings is 1. The van der Waals surface area contributed by atoms with Crippen LogP contribution in [0.5, 0.6) is 17.2 Å². The molecule has 2 fully saturated rings. The Hall–Kier alpha value is -2.19. The smallest absolute Gasteiger partial charge is 0.257 e. The molecule has 3 rings (SSSR count). The van der Waals surface area contributed by atoms with Crippen LogP contribution in [0.25, 0.3) is 0 Å². The van der Waals surface area contributed by atoms with E-state index in [0.717, 1.165) is 19.5 Å². The van der Waals surface area contributed by atoms with Crippen molar-refractivity contribution < 1.29 is 23.8 Å². The number of nitrogens with one attached hydrogen (secondary N) is 1. The summed E-state index contributed by atoms with van der Waals surface area (Å²) >= 11 is 0. The lowest BCUT2D eigenvalue weighted by molar-refractivity contribution is -0.136. The van der Waals surface area contributed by atoms with Gasteiger partial charge in [-0.1, -0.05) is 0 Å². The van der Waals surface area contributed by atoms with Crippen molar-refractivity contribution in [2.24, 2.45) is 5.92 Å². The number of amides is 2. The van der Waals surface area contributed by atoms with Crippen molar-refractivity contribution in [3.63, 3.8) is 0 Å². The number of rotatable bonds is 5. The van der Waals surface area contributed by atoms with Gasteiger partial charge in [0.1, 0.15) is 0 Å². The molecule has 0 spiro atoms. The topological polar surface area (TPSA) is 80.3 Å². The van der Waals surface area contributed by atoms with Gasteiger partial charge in [0.25, 0.3) is 5.91 Å². The molecule has 1 atom stereocenters. The van der Waals surface area contributed by atoms with Gasteiger partial charge in [-0.05, 0) is 25.1 Å². The van der Waals surface area contributed by atoms with Crippen LogP contribution >= 0.6 is 12.4 Å². The Morgan fingerprint density at radius 2 is 1.61 bits per heavy atom. The maximum absolute atomic E-state index is 13.0. The van der Waals surface area contributed by atoms with Crippen molar-refractivity contribution in [1.29, 1.82) is 0 Å². The van der Waals surface area contributed by atoms with Gasteiger partial charge in [0.05, 0.1) is 32.8 Å². The highest BCUT2D eigenvalue weighted by molar-refractivity contribution is 5.98. The van der Waals surface area contributed by atoms with Gasteiger partial charge >= 0.3 is 0 Å². The molecule has 0 saturated carbocycles. The van der Waals surface area contributed by atoms with E-state index >= 15 is 0 Å². The molecule has 0 aromatic heterocycles. The quantitative estimate of drug-likeness (QED) is 0.776. The molecule has 0 radical (unpaired) electrons. The Bertz CT molecular complexity index is 701. The lowest BCUT2D eigenvalue weighted by Crippen LogP contribution is -2.52. The molecule has 2 amide bonds. The van der Waals surface area contributed by atoms with Gasteiger partial charge in [-0.2, -0.15) is 0 Å². The van der Waals surface area contributed by atoms with Crippen LogP contribution in [-0.4, -0.2) is 82.2 Å². The number of carbonyl (C=O) groups excluding carboxylic acids is 2. The number of carbonyl (C=O) groups is 2. The van der Waals surface area contributed by atoms with E-state index in [1.807, 2.05) is 4.90 Å². The molecule has 2 aliphatic rings. The second-order valence-electron chi connectivity index (χ2n) is 6.69. The monoisotopic (exact) mass is 413 g/mol. The highest BCUT2D eigenvalue weighted by atomic mass is 35.5. The molecule has 1 unspecified atom stereocenters. The molecule has 0 bridgehead atoms. The third-order valence-corrected chi connectivity index (χ3v) is 5.22. The molecular formula is C19H28ClN3O5. The van der Waals surface area contributed by atoms with Gasteiger partial charge < -0.3 is 29.3 Å². The molecule has 2 saturated heterocycles. The number of halogens is 1. The Labute approximate surface area is 171 Å². The van der Waals surface area contributed by atoms with Crippen LogP contribution in [-0.2, 0) is 4.79 Å². The molecule has 1 aromatic rings. The van der Waals surface area contributed by atoms with Crippen LogP contribution < -0.4 is 19.5 Å². The Morgan fingerprint density at radius 1 is 0.964 bits per heavy atom. The summed E-state index contributed by atoms with van der Waals surface area (Å²) in [6, 6.07) is 3.38. The Morgan fingerprint density at radius 3 is 2.14 bits per heavy atom. The summed E-state index contributed by atoms with van der Waals surface area (Å²) < 4.78 is 16.1. The van der Waals surface area contributed by atoms with Gasteiger partial charge in [-0.15, -0.1) is 12.4 Å². The van der Waals surface area contributed by atoms with E-state index in [0.29, 0.717) is 49.0 Å². The minimum Gasteiger partial charge on any atom is -0.493 e. The van der Waals surface area contributed by atoms with Gasteiger partial charge in [-0.3, -0.25) is 9.59 Å². The minimum absolute atomic E-state index is 0. The average molecular weight is 414 g/mol. The fourth-order valence-electron chi connectivity index (χ4n) is 3.69. The molecular weight excluding hydrogens is 386 g/mol. The minimum atomic E-state index is -0.137. The van der Waals surface area contributed by atoms with Crippen molar-refractivity contribution >= 4 is 24.2 Å². The zero-order valence-electron chi connectivity index (χ0n) is 16.5. The standard InChI is InChI=1S/C19H27N3O5.ClH/c1-25-15-5-4-14(16(26-2)17(15)27-3)19(24)22-10-8-21(9-11-22)18(23)13-6-7-20-12-13;/h4-5,13,20H,6-12H2,1-3H3;1H. The molecule has 1 N–H and O–H groups in total. The number of hydrogen-bond donors (Lipinski definition) is 1. The fourth-order valence-corrected chi connectivity index (χ4v) is 3.69. The summed E-state index contributed by atoms with van der Waals surface area (Å²) in [7, 11) is 4.55. The number of methoxy groups -OCH3 is 3. The van der Waals surface area contributed by atoms with E-state index in [1.54, 1.807) is 17.0 Å². The van der Waals surface area contributed by atoms with Crippen LogP contribution in [0.2, 0.25) is 0 Å². The second kappa shape index (κ2) is 9.84. The van der Waals surface area contributed by atoms with Crippen LogP contribution in [0.4, 0.5) is 0 Å². The number of piperazine rings is 1. The van der Waals surface area contributed by atoms with E-state index in [4.69, 9.17) is 14.2 Å². The summed E-state index contributed by atoms with van der Waals surface area (Å²) in [5, 5.41) is 3.23. The summed E-state index contributed by atoms with van der Waals surface area (Å²) in [6.07, 6.45) is 0.890. The molecule has 0 aliphatic carbocycles. The van der Waals surface area contributed by atoms with E-state index in [9.17, 15) is 9.59 Å². The lowest BCUT2D eigenvalue weighted by atomic mass is 10.1. The molecule has 9 heteroatoms. The average Bonchev–Trinajstić information content (AvgIpc) is 3.26.